The van der Waals surface area contributed by atoms with Crippen molar-refractivity contribution in [3.8, 4) is 0 Å². The van der Waals surface area contributed by atoms with Crippen LogP contribution < -0.4 is 5.32 Å². The highest BCUT2D eigenvalue weighted by molar-refractivity contribution is 7.99. The Balaban J connectivity index is 1.53. The number of hydrogen-bond acceptors (Lipinski definition) is 6. The number of carbonyl (C=O) groups excluding carboxylic acids is 1. The highest BCUT2D eigenvalue weighted by Crippen LogP contribution is 2.27. The van der Waals surface area contributed by atoms with E-state index in [9.17, 15) is 14.9 Å². The van der Waals surface area contributed by atoms with Crippen LogP contribution in [-0.2, 0) is 18.3 Å². The standard InChI is InChI=1S/C18H23N5O3S/c1-22-16(10-13-6-3-2-4-7-13)20-21-18(22)27-12-17(24)19-14-8-5-9-15(11-14)23(25)26/h5,8-9,11,13H,2-4,6-7,10,12H2,1H3,(H,19,24). The second-order valence-corrected chi connectivity index (χ2v) is 7.75. The van der Waals surface area contributed by atoms with Crippen LogP contribution in [0.25, 0.3) is 0 Å². The van der Waals surface area contributed by atoms with Gasteiger partial charge in [-0.15, -0.1) is 10.2 Å². The molecule has 1 amide bonds. The predicted molar refractivity (Wildman–Crippen MR) is 104 cm³/mol. The third-order valence-electron chi connectivity index (χ3n) is 4.79. The van der Waals surface area contributed by atoms with Crippen LogP contribution in [0.15, 0.2) is 29.4 Å². The molecule has 0 radical (unpaired) electrons. The lowest BCUT2D eigenvalue weighted by atomic mass is 9.87. The summed E-state index contributed by atoms with van der Waals surface area (Å²) >= 11 is 1.31. The summed E-state index contributed by atoms with van der Waals surface area (Å²) in [6.07, 6.45) is 7.35. The summed E-state index contributed by atoms with van der Waals surface area (Å²) in [4.78, 5) is 22.5. The molecule has 0 spiro atoms. The summed E-state index contributed by atoms with van der Waals surface area (Å²) in [6, 6.07) is 5.90. The minimum Gasteiger partial charge on any atom is -0.325 e. The predicted octanol–water partition coefficient (Wildman–Crippen LogP) is 3.58. The van der Waals surface area contributed by atoms with Gasteiger partial charge in [0.15, 0.2) is 5.16 Å². The van der Waals surface area contributed by atoms with Crippen molar-refractivity contribution in [3.05, 3.63) is 40.2 Å². The summed E-state index contributed by atoms with van der Waals surface area (Å²) in [5.41, 5.74) is 0.354. The monoisotopic (exact) mass is 389 g/mol. The summed E-state index contributed by atoms with van der Waals surface area (Å²) in [5.74, 6) is 1.57. The second-order valence-electron chi connectivity index (χ2n) is 6.81. The number of nitro groups is 1. The van der Waals surface area contributed by atoms with Gasteiger partial charge >= 0.3 is 0 Å². The molecular formula is C18H23N5O3S. The number of carbonyl (C=O) groups is 1. The zero-order valence-corrected chi connectivity index (χ0v) is 16.1. The van der Waals surface area contributed by atoms with Gasteiger partial charge in [-0.25, -0.2) is 0 Å². The molecule has 1 saturated carbocycles. The molecule has 1 aromatic carbocycles. The minimum atomic E-state index is -0.488. The lowest BCUT2D eigenvalue weighted by Gasteiger charge is -2.20. The van der Waals surface area contributed by atoms with Crippen LogP contribution in [0.5, 0.6) is 0 Å². The molecule has 144 valence electrons. The lowest BCUT2D eigenvalue weighted by Crippen LogP contribution is -2.15. The smallest absolute Gasteiger partial charge is 0.271 e. The van der Waals surface area contributed by atoms with Crippen molar-refractivity contribution in [1.29, 1.82) is 0 Å². The molecule has 27 heavy (non-hydrogen) atoms. The largest absolute Gasteiger partial charge is 0.325 e. The van der Waals surface area contributed by atoms with E-state index in [-0.39, 0.29) is 17.3 Å². The van der Waals surface area contributed by atoms with Crippen molar-refractivity contribution in [2.24, 2.45) is 13.0 Å². The normalized spacial score (nSPS) is 14.9. The first kappa shape index (κ1) is 19.3. The number of anilines is 1. The topological polar surface area (TPSA) is 103 Å². The lowest BCUT2D eigenvalue weighted by molar-refractivity contribution is -0.384. The number of non-ortho nitro benzene ring substituents is 1. The maximum atomic E-state index is 12.1. The van der Waals surface area contributed by atoms with Crippen molar-refractivity contribution in [2.75, 3.05) is 11.1 Å². The Morgan fingerprint density at radius 1 is 1.33 bits per heavy atom. The van der Waals surface area contributed by atoms with Crippen LogP contribution in [0.3, 0.4) is 0 Å². The number of thioether (sulfide) groups is 1. The highest BCUT2D eigenvalue weighted by Gasteiger charge is 2.18. The molecule has 0 aliphatic heterocycles. The number of nitrogens with one attached hydrogen (secondary N) is 1. The first-order chi connectivity index (χ1) is 13.0. The molecule has 9 heteroatoms. The maximum Gasteiger partial charge on any atom is 0.271 e. The zero-order valence-electron chi connectivity index (χ0n) is 15.3. The first-order valence-corrected chi connectivity index (χ1v) is 10.1. The van der Waals surface area contributed by atoms with Crippen LogP contribution in [0.2, 0.25) is 0 Å². The molecule has 0 bridgehead atoms. The Kier molecular flexibility index (Phi) is 6.44. The van der Waals surface area contributed by atoms with Crippen LogP contribution >= 0.6 is 11.8 Å². The molecule has 1 aromatic heterocycles. The van der Waals surface area contributed by atoms with Gasteiger partial charge in [0.2, 0.25) is 5.91 Å². The first-order valence-electron chi connectivity index (χ1n) is 9.08. The van der Waals surface area contributed by atoms with E-state index in [1.165, 1.54) is 56.0 Å². The van der Waals surface area contributed by atoms with Gasteiger partial charge in [0.25, 0.3) is 5.69 Å². The van der Waals surface area contributed by atoms with Crippen molar-refractivity contribution in [2.45, 2.75) is 43.7 Å². The van der Waals surface area contributed by atoms with Crippen molar-refractivity contribution < 1.29 is 9.72 Å². The number of nitrogens with zero attached hydrogens (tertiary/aromatic N) is 4. The van der Waals surface area contributed by atoms with Crippen LogP contribution in [0, 0.1) is 16.0 Å². The summed E-state index contributed by atoms with van der Waals surface area (Å²) in [7, 11) is 1.93. The van der Waals surface area contributed by atoms with E-state index in [0.29, 0.717) is 16.8 Å². The fourth-order valence-corrected chi connectivity index (χ4v) is 4.05. The Morgan fingerprint density at radius 3 is 2.85 bits per heavy atom. The van der Waals surface area contributed by atoms with E-state index in [1.54, 1.807) is 12.1 Å². The van der Waals surface area contributed by atoms with E-state index in [4.69, 9.17) is 0 Å². The van der Waals surface area contributed by atoms with E-state index < -0.39 is 4.92 Å². The molecular weight excluding hydrogens is 366 g/mol. The van der Waals surface area contributed by atoms with E-state index in [2.05, 4.69) is 15.5 Å². The van der Waals surface area contributed by atoms with Crippen molar-refractivity contribution in [3.63, 3.8) is 0 Å². The molecule has 2 aromatic rings. The number of hydrogen-bond donors (Lipinski definition) is 1. The van der Waals surface area contributed by atoms with Crippen LogP contribution in [-0.4, -0.2) is 31.3 Å². The highest BCUT2D eigenvalue weighted by atomic mass is 32.2. The van der Waals surface area contributed by atoms with E-state index >= 15 is 0 Å². The molecule has 0 saturated heterocycles. The number of benzene rings is 1. The molecule has 3 rings (SSSR count). The summed E-state index contributed by atoms with van der Waals surface area (Å²) < 4.78 is 1.96. The van der Waals surface area contributed by atoms with Gasteiger partial charge in [-0.05, 0) is 12.0 Å². The SMILES string of the molecule is Cn1c(CC2CCCCC2)nnc1SCC(=O)Nc1cccc([N+](=O)[O-])c1. The van der Waals surface area contributed by atoms with Gasteiger partial charge in [0.1, 0.15) is 5.82 Å². The van der Waals surface area contributed by atoms with Crippen LogP contribution in [0.1, 0.15) is 37.9 Å². The van der Waals surface area contributed by atoms with Gasteiger partial charge in [0.05, 0.1) is 10.7 Å². The molecule has 0 atom stereocenters. The summed E-state index contributed by atoms with van der Waals surface area (Å²) in [6.45, 7) is 0. The average Bonchev–Trinajstić information content (AvgIpc) is 3.01. The number of aromatic nitrogens is 3. The zero-order chi connectivity index (χ0) is 19.2. The third-order valence-corrected chi connectivity index (χ3v) is 5.81. The van der Waals surface area contributed by atoms with Gasteiger partial charge in [-0.1, -0.05) is 49.9 Å². The molecule has 0 unspecified atom stereocenters. The number of rotatable bonds is 7. The van der Waals surface area contributed by atoms with Crippen LogP contribution in [0.4, 0.5) is 11.4 Å². The van der Waals surface area contributed by atoms with Crippen molar-refractivity contribution in [1.82, 2.24) is 14.8 Å². The Bertz CT molecular complexity index is 817. The number of amides is 1. The average molecular weight is 389 g/mol. The maximum absolute atomic E-state index is 12.1. The van der Waals surface area contributed by atoms with E-state index in [1.807, 2.05) is 11.6 Å². The quantitative estimate of drug-likeness (QED) is 0.441. The molecule has 1 fully saturated rings. The van der Waals surface area contributed by atoms with Gasteiger partial charge < -0.3 is 9.88 Å². The molecule has 1 heterocycles. The van der Waals surface area contributed by atoms with Crippen molar-refractivity contribution >= 4 is 29.0 Å². The molecule has 1 aliphatic carbocycles. The third kappa shape index (κ3) is 5.29. The van der Waals surface area contributed by atoms with E-state index in [0.717, 1.165) is 12.2 Å². The van der Waals surface area contributed by atoms with Gasteiger partial charge in [-0.3, -0.25) is 14.9 Å². The minimum absolute atomic E-state index is 0.0545. The Hall–Kier alpha value is -2.42. The second kappa shape index (κ2) is 8.98. The van der Waals surface area contributed by atoms with Gasteiger partial charge in [-0.2, -0.15) is 0 Å². The fourth-order valence-electron chi connectivity index (χ4n) is 3.32. The number of nitro benzene ring substituents is 1. The molecule has 1 N–H and O–H groups in total. The Labute approximate surface area is 161 Å². The molecule has 8 nitrogen and oxygen atoms in total. The fraction of sp³-hybridized carbons (Fsp3) is 0.500. The van der Waals surface area contributed by atoms with Gasteiger partial charge in [0, 0.05) is 31.3 Å². The Morgan fingerprint density at radius 2 is 2.11 bits per heavy atom. The molecule has 1 aliphatic rings. The summed E-state index contributed by atoms with van der Waals surface area (Å²) in [5, 5.41) is 22.7.